The molecule has 0 amide bonds. The quantitative estimate of drug-likeness (QED) is 0.804. The fourth-order valence-electron chi connectivity index (χ4n) is 2.38. The van der Waals surface area contributed by atoms with Crippen molar-refractivity contribution in [3.63, 3.8) is 0 Å². The van der Waals surface area contributed by atoms with Gasteiger partial charge >= 0.3 is 0 Å². The summed E-state index contributed by atoms with van der Waals surface area (Å²) in [6, 6.07) is 13.2. The van der Waals surface area contributed by atoms with Crippen LogP contribution in [0, 0.1) is 6.92 Å². The molecule has 5 heteroatoms. The van der Waals surface area contributed by atoms with Crippen LogP contribution in [0.4, 0.5) is 0 Å². The Balaban J connectivity index is 1.94. The summed E-state index contributed by atoms with van der Waals surface area (Å²) in [5, 5.41) is 3.09. The predicted octanol–water partition coefficient (Wildman–Crippen LogP) is 2.47. The molecular formula is C17H17N3O2. The van der Waals surface area contributed by atoms with E-state index in [0.717, 1.165) is 22.6 Å². The van der Waals surface area contributed by atoms with Crippen LogP contribution in [-0.4, -0.2) is 21.9 Å². The number of nitrogens with one attached hydrogen (secondary N) is 1. The Kier molecular flexibility index (Phi) is 3.78. The van der Waals surface area contributed by atoms with Crippen LogP contribution < -0.4 is 10.3 Å². The number of hydrogen-bond donors (Lipinski definition) is 1. The minimum absolute atomic E-state index is 0.0629. The summed E-state index contributed by atoms with van der Waals surface area (Å²) < 4.78 is 6.63. The molecule has 0 fully saturated rings. The number of methoxy groups -OCH3 is 1. The molecule has 112 valence electrons. The topological polar surface area (TPSA) is 59.9 Å². The number of ether oxygens (including phenoxy) is 1. The summed E-state index contributed by atoms with van der Waals surface area (Å²) in [5.41, 5.74) is 2.60. The van der Waals surface area contributed by atoms with Gasteiger partial charge in [-0.2, -0.15) is 0 Å². The van der Waals surface area contributed by atoms with Gasteiger partial charge in [0, 0.05) is 23.9 Å². The molecule has 0 aliphatic rings. The Morgan fingerprint density at radius 2 is 1.95 bits per heavy atom. The van der Waals surface area contributed by atoms with Crippen molar-refractivity contribution >= 4 is 0 Å². The molecular weight excluding hydrogens is 278 g/mol. The lowest BCUT2D eigenvalue weighted by Crippen LogP contribution is -2.18. The minimum atomic E-state index is -0.0629. The van der Waals surface area contributed by atoms with Gasteiger partial charge in [-0.1, -0.05) is 18.2 Å². The minimum Gasteiger partial charge on any atom is -0.497 e. The number of nitrogens with zero attached hydrogens (tertiary/aromatic N) is 2. The Morgan fingerprint density at radius 3 is 2.59 bits per heavy atom. The summed E-state index contributed by atoms with van der Waals surface area (Å²) in [6.45, 7) is 1.90. The lowest BCUT2D eigenvalue weighted by atomic mass is 10.1. The Bertz CT molecular complexity index is 817. The lowest BCUT2D eigenvalue weighted by Gasteiger charge is -2.02. The van der Waals surface area contributed by atoms with E-state index in [0.29, 0.717) is 12.2 Å². The molecule has 3 rings (SSSR count). The van der Waals surface area contributed by atoms with Gasteiger partial charge in [-0.15, -0.1) is 0 Å². The molecule has 1 N–H and O–H groups in total. The average Bonchev–Trinajstić information content (AvgIpc) is 2.84. The number of benzene rings is 1. The molecule has 0 radical (unpaired) electrons. The van der Waals surface area contributed by atoms with Crippen LogP contribution in [0.15, 0.2) is 53.5 Å². The summed E-state index contributed by atoms with van der Waals surface area (Å²) in [4.78, 5) is 16.8. The van der Waals surface area contributed by atoms with Crippen LogP contribution in [0.3, 0.4) is 0 Å². The van der Waals surface area contributed by atoms with E-state index in [2.05, 4.69) is 10.1 Å². The number of aromatic amines is 1. The van der Waals surface area contributed by atoms with E-state index in [-0.39, 0.29) is 5.56 Å². The molecule has 0 atom stereocenters. The molecule has 22 heavy (non-hydrogen) atoms. The number of hydrogen-bond acceptors (Lipinski definition) is 3. The molecule has 0 bridgehead atoms. The van der Waals surface area contributed by atoms with Gasteiger partial charge in [-0.25, -0.2) is 9.67 Å². The Labute approximate surface area is 128 Å². The SMILES string of the molecule is COc1ccc(Cc2c(C)[nH]n(-c3ccccn3)c2=O)cc1. The van der Waals surface area contributed by atoms with Gasteiger partial charge in [0.05, 0.1) is 7.11 Å². The Morgan fingerprint density at radius 1 is 1.18 bits per heavy atom. The lowest BCUT2D eigenvalue weighted by molar-refractivity contribution is 0.414. The third kappa shape index (κ3) is 2.65. The zero-order valence-corrected chi connectivity index (χ0v) is 12.5. The molecule has 3 aromatic rings. The molecule has 2 aromatic heterocycles. The third-order valence-corrected chi connectivity index (χ3v) is 3.61. The van der Waals surface area contributed by atoms with Crippen molar-refractivity contribution in [2.75, 3.05) is 7.11 Å². The number of H-pyrrole nitrogens is 1. The molecule has 1 aromatic carbocycles. The average molecular weight is 295 g/mol. The first kappa shape index (κ1) is 14.1. The molecule has 0 spiro atoms. The van der Waals surface area contributed by atoms with E-state index in [9.17, 15) is 4.79 Å². The van der Waals surface area contributed by atoms with Crippen molar-refractivity contribution in [1.82, 2.24) is 14.8 Å². The van der Waals surface area contributed by atoms with Crippen LogP contribution in [-0.2, 0) is 6.42 Å². The van der Waals surface area contributed by atoms with Gasteiger partial charge < -0.3 is 4.74 Å². The van der Waals surface area contributed by atoms with Crippen LogP contribution in [0.5, 0.6) is 5.75 Å². The van der Waals surface area contributed by atoms with Crippen LogP contribution in [0.25, 0.3) is 5.82 Å². The van der Waals surface area contributed by atoms with E-state index < -0.39 is 0 Å². The highest BCUT2D eigenvalue weighted by atomic mass is 16.5. The maximum Gasteiger partial charge on any atom is 0.276 e. The van der Waals surface area contributed by atoms with Gasteiger partial charge in [0.25, 0.3) is 5.56 Å². The standard InChI is InChI=1S/C17H17N3O2/c1-12-15(11-13-6-8-14(22-2)9-7-13)17(21)20(19-12)16-5-3-4-10-18-16/h3-10,19H,11H2,1-2H3. The van der Waals surface area contributed by atoms with E-state index in [1.165, 1.54) is 4.68 Å². The highest BCUT2D eigenvalue weighted by Crippen LogP contribution is 2.15. The van der Waals surface area contributed by atoms with Crippen molar-refractivity contribution in [3.05, 3.63) is 75.8 Å². The molecule has 0 saturated carbocycles. The smallest absolute Gasteiger partial charge is 0.276 e. The first-order chi connectivity index (χ1) is 10.7. The summed E-state index contributed by atoms with van der Waals surface area (Å²) in [5.74, 6) is 1.40. The first-order valence-electron chi connectivity index (χ1n) is 7.04. The second kappa shape index (κ2) is 5.89. The second-order valence-electron chi connectivity index (χ2n) is 5.07. The monoisotopic (exact) mass is 295 g/mol. The van der Waals surface area contributed by atoms with Crippen molar-refractivity contribution in [2.24, 2.45) is 0 Å². The molecule has 2 heterocycles. The van der Waals surface area contributed by atoms with E-state index >= 15 is 0 Å². The number of aryl methyl sites for hydroxylation is 1. The van der Waals surface area contributed by atoms with Gasteiger partial charge in [-0.3, -0.25) is 9.89 Å². The third-order valence-electron chi connectivity index (χ3n) is 3.61. The van der Waals surface area contributed by atoms with E-state index in [4.69, 9.17) is 4.74 Å². The van der Waals surface area contributed by atoms with Crippen LogP contribution in [0.2, 0.25) is 0 Å². The first-order valence-corrected chi connectivity index (χ1v) is 7.04. The fraction of sp³-hybridized carbons (Fsp3) is 0.176. The summed E-state index contributed by atoms with van der Waals surface area (Å²) in [7, 11) is 1.64. The van der Waals surface area contributed by atoms with Crippen molar-refractivity contribution in [1.29, 1.82) is 0 Å². The summed E-state index contributed by atoms with van der Waals surface area (Å²) >= 11 is 0. The van der Waals surface area contributed by atoms with Crippen molar-refractivity contribution < 1.29 is 4.74 Å². The predicted molar refractivity (Wildman–Crippen MR) is 84.7 cm³/mol. The van der Waals surface area contributed by atoms with Gasteiger partial charge in [0.2, 0.25) is 0 Å². The van der Waals surface area contributed by atoms with Crippen LogP contribution >= 0.6 is 0 Å². The highest BCUT2D eigenvalue weighted by Gasteiger charge is 2.13. The largest absolute Gasteiger partial charge is 0.497 e. The fourth-order valence-corrected chi connectivity index (χ4v) is 2.38. The maximum absolute atomic E-state index is 12.6. The van der Waals surface area contributed by atoms with Gasteiger partial charge in [-0.05, 0) is 36.8 Å². The maximum atomic E-state index is 12.6. The Hall–Kier alpha value is -2.82. The van der Waals surface area contributed by atoms with Crippen molar-refractivity contribution in [2.45, 2.75) is 13.3 Å². The number of rotatable bonds is 4. The second-order valence-corrected chi connectivity index (χ2v) is 5.07. The zero-order valence-electron chi connectivity index (χ0n) is 12.5. The molecule has 0 unspecified atom stereocenters. The van der Waals surface area contributed by atoms with E-state index in [1.807, 2.05) is 43.3 Å². The highest BCUT2D eigenvalue weighted by molar-refractivity contribution is 5.33. The number of aromatic nitrogens is 3. The van der Waals surface area contributed by atoms with Gasteiger partial charge in [0.1, 0.15) is 5.75 Å². The molecule has 5 nitrogen and oxygen atoms in total. The number of pyridine rings is 1. The molecule has 0 aliphatic heterocycles. The molecule has 0 saturated heterocycles. The zero-order chi connectivity index (χ0) is 15.5. The molecule has 0 aliphatic carbocycles. The van der Waals surface area contributed by atoms with Crippen LogP contribution in [0.1, 0.15) is 16.8 Å². The normalized spacial score (nSPS) is 10.6. The summed E-state index contributed by atoms with van der Waals surface area (Å²) in [6.07, 6.45) is 2.24. The van der Waals surface area contributed by atoms with E-state index in [1.54, 1.807) is 19.4 Å². The van der Waals surface area contributed by atoms with Gasteiger partial charge in [0.15, 0.2) is 5.82 Å². The van der Waals surface area contributed by atoms with Crippen molar-refractivity contribution in [3.8, 4) is 11.6 Å².